The van der Waals surface area contributed by atoms with Gasteiger partial charge in [0.25, 0.3) is 0 Å². The van der Waals surface area contributed by atoms with Gasteiger partial charge in [-0.2, -0.15) is 0 Å². The third kappa shape index (κ3) is 1.57. The highest BCUT2D eigenvalue weighted by molar-refractivity contribution is 5.72. The van der Waals surface area contributed by atoms with Crippen molar-refractivity contribution in [3.8, 4) is 11.1 Å². The summed E-state index contributed by atoms with van der Waals surface area (Å²) in [7, 11) is 0. The van der Waals surface area contributed by atoms with Crippen LogP contribution in [0.2, 0.25) is 0 Å². The van der Waals surface area contributed by atoms with E-state index in [9.17, 15) is 0 Å². The average molecular weight is 185 g/mol. The van der Waals surface area contributed by atoms with Gasteiger partial charge in [-0.15, -0.1) is 0 Å². The van der Waals surface area contributed by atoms with Gasteiger partial charge < -0.3 is 5.73 Å². The highest BCUT2D eigenvalue weighted by Crippen LogP contribution is 2.22. The van der Waals surface area contributed by atoms with Crippen LogP contribution in [0, 0.1) is 6.92 Å². The van der Waals surface area contributed by atoms with E-state index in [1.54, 1.807) is 6.20 Å². The molecule has 2 aromatic rings. The number of aryl methyl sites for hydroxylation is 1. The SMILES string of the molecule is Cc1ccc(-c2cncnc2N)cc1. The van der Waals surface area contributed by atoms with Crippen molar-refractivity contribution in [1.82, 2.24) is 9.97 Å². The van der Waals surface area contributed by atoms with Crippen molar-refractivity contribution in [3.63, 3.8) is 0 Å². The van der Waals surface area contributed by atoms with Crippen LogP contribution in [0.4, 0.5) is 5.82 Å². The van der Waals surface area contributed by atoms with Gasteiger partial charge in [0.1, 0.15) is 12.1 Å². The molecule has 3 heteroatoms. The molecule has 1 aromatic heterocycles. The molecule has 2 rings (SSSR count). The van der Waals surface area contributed by atoms with Crippen LogP contribution < -0.4 is 5.73 Å². The van der Waals surface area contributed by atoms with Gasteiger partial charge in [-0.1, -0.05) is 29.8 Å². The molecule has 0 unspecified atom stereocenters. The normalized spacial score (nSPS) is 10.1. The number of nitrogens with two attached hydrogens (primary N) is 1. The van der Waals surface area contributed by atoms with Crippen LogP contribution in [-0.4, -0.2) is 9.97 Å². The number of rotatable bonds is 1. The topological polar surface area (TPSA) is 51.8 Å². The lowest BCUT2D eigenvalue weighted by Crippen LogP contribution is -1.94. The van der Waals surface area contributed by atoms with E-state index >= 15 is 0 Å². The van der Waals surface area contributed by atoms with E-state index in [2.05, 4.69) is 16.9 Å². The molecule has 14 heavy (non-hydrogen) atoms. The summed E-state index contributed by atoms with van der Waals surface area (Å²) in [6.07, 6.45) is 3.18. The summed E-state index contributed by atoms with van der Waals surface area (Å²) in [5.41, 5.74) is 8.90. The van der Waals surface area contributed by atoms with Crippen molar-refractivity contribution in [1.29, 1.82) is 0 Å². The standard InChI is InChI=1S/C11H11N3/c1-8-2-4-9(5-3-8)10-6-13-7-14-11(10)12/h2-7H,1H3,(H2,12,13,14). The van der Waals surface area contributed by atoms with Crippen LogP contribution >= 0.6 is 0 Å². The second kappa shape index (κ2) is 3.46. The lowest BCUT2D eigenvalue weighted by Gasteiger charge is -2.03. The zero-order chi connectivity index (χ0) is 9.97. The van der Waals surface area contributed by atoms with Crippen molar-refractivity contribution in [2.75, 3.05) is 5.73 Å². The van der Waals surface area contributed by atoms with Gasteiger partial charge in [0.05, 0.1) is 0 Å². The Bertz CT molecular complexity index is 435. The summed E-state index contributed by atoms with van der Waals surface area (Å²) in [6.45, 7) is 2.05. The molecule has 0 saturated heterocycles. The minimum absolute atomic E-state index is 0.517. The first kappa shape index (κ1) is 8.69. The molecule has 0 radical (unpaired) electrons. The van der Waals surface area contributed by atoms with E-state index in [0.29, 0.717) is 5.82 Å². The Balaban J connectivity index is 2.50. The minimum atomic E-state index is 0.517. The number of nitrogens with zero attached hydrogens (tertiary/aromatic N) is 2. The fourth-order valence-electron chi connectivity index (χ4n) is 1.29. The molecule has 0 saturated carbocycles. The second-order valence-electron chi connectivity index (χ2n) is 3.19. The molecule has 0 spiro atoms. The summed E-state index contributed by atoms with van der Waals surface area (Å²) in [4.78, 5) is 7.90. The minimum Gasteiger partial charge on any atom is -0.383 e. The third-order valence-electron chi connectivity index (χ3n) is 2.11. The summed E-state index contributed by atoms with van der Waals surface area (Å²) < 4.78 is 0. The molecule has 3 nitrogen and oxygen atoms in total. The van der Waals surface area contributed by atoms with E-state index in [0.717, 1.165) is 11.1 Å². The van der Waals surface area contributed by atoms with Crippen LogP contribution in [0.5, 0.6) is 0 Å². The number of nitrogen functional groups attached to an aromatic ring is 1. The Morgan fingerprint density at radius 2 is 1.86 bits per heavy atom. The van der Waals surface area contributed by atoms with Gasteiger partial charge >= 0.3 is 0 Å². The molecule has 1 heterocycles. The highest BCUT2D eigenvalue weighted by Gasteiger charge is 2.01. The Morgan fingerprint density at radius 3 is 2.50 bits per heavy atom. The van der Waals surface area contributed by atoms with Crippen LogP contribution in [0.15, 0.2) is 36.8 Å². The lowest BCUT2D eigenvalue weighted by molar-refractivity contribution is 1.18. The van der Waals surface area contributed by atoms with Crippen LogP contribution in [-0.2, 0) is 0 Å². The zero-order valence-corrected chi connectivity index (χ0v) is 7.94. The molecule has 0 atom stereocenters. The number of hydrogen-bond donors (Lipinski definition) is 1. The van der Waals surface area contributed by atoms with Gasteiger partial charge in [-0.3, -0.25) is 0 Å². The van der Waals surface area contributed by atoms with Crippen molar-refractivity contribution in [2.45, 2.75) is 6.92 Å². The van der Waals surface area contributed by atoms with Gasteiger partial charge in [-0.25, -0.2) is 9.97 Å². The van der Waals surface area contributed by atoms with Gasteiger partial charge in [0.15, 0.2) is 0 Å². The summed E-state index contributed by atoms with van der Waals surface area (Å²) in [5.74, 6) is 0.517. The molecule has 1 aromatic carbocycles. The molecule has 0 bridgehead atoms. The smallest absolute Gasteiger partial charge is 0.134 e. The Kier molecular flexibility index (Phi) is 2.14. The van der Waals surface area contributed by atoms with Crippen LogP contribution in [0.1, 0.15) is 5.56 Å². The fraction of sp³-hybridized carbons (Fsp3) is 0.0909. The van der Waals surface area contributed by atoms with E-state index in [1.807, 2.05) is 24.3 Å². The van der Waals surface area contributed by atoms with Gasteiger partial charge in [0.2, 0.25) is 0 Å². The Labute approximate surface area is 82.6 Å². The molecule has 0 fully saturated rings. The molecular formula is C11H11N3. The summed E-state index contributed by atoms with van der Waals surface area (Å²) >= 11 is 0. The number of benzene rings is 1. The van der Waals surface area contributed by atoms with E-state index < -0.39 is 0 Å². The fourth-order valence-corrected chi connectivity index (χ4v) is 1.29. The Hall–Kier alpha value is -1.90. The predicted octanol–water partition coefficient (Wildman–Crippen LogP) is 2.03. The van der Waals surface area contributed by atoms with Crippen LogP contribution in [0.3, 0.4) is 0 Å². The summed E-state index contributed by atoms with van der Waals surface area (Å²) in [6, 6.07) is 8.12. The average Bonchev–Trinajstić information content (AvgIpc) is 2.20. The monoisotopic (exact) mass is 185 g/mol. The maximum absolute atomic E-state index is 5.74. The maximum atomic E-state index is 5.74. The lowest BCUT2D eigenvalue weighted by atomic mass is 10.1. The Morgan fingerprint density at radius 1 is 1.14 bits per heavy atom. The maximum Gasteiger partial charge on any atom is 0.134 e. The number of anilines is 1. The molecule has 0 amide bonds. The molecular weight excluding hydrogens is 174 g/mol. The van der Waals surface area contributed by atoms with Crippen molar-refractivity contribution in [3.05, 3.63) is 42.4 Å². The molecule has 0 aliphatic heterocycles. The molecule has 0 aliphatic carbocycles. The summed E-state index contributed by atoms with van der Waals surface area (Å²) in [5, 5.41) is 0. The third-order valence-corrected chi connectivity index (χ3v) is 2.11. The first-order valence-corrected chi connectivity index (χ1v) is 4.40. The first-order valence-electron chi connectivity index (χ1n) is 4.40. The van der Waals surface area contributed by atoms with E-state index in [1.165, 1.54) is 11.9 Å². The van der Waals surface area contributed by atoms with Crippen LogP contribution in [0.25, 0.3) is 11.1 Å². The van der Waals surface area contributed by atoms with Crippen molar-refractivity contribution < 1.29 is 0 Å². The number of hydrogen-bond acceptors (Lipinski definition) is 3. The van der Waals surface area contributed by atoms with Gasteiger partial charge in [-0.05, 0) is 12.5 Å². The number of aromatic nitrogens is 2. The zero-order valence-electron chi connectivity index (χ0n) is 7.94. The molecule has 2 N–H and O–H groups in total. The van der Waals surface area contributed by atoms with Crippen molar-refractivity contribution in [2.24, 2.45) is 0 Å². The first-order chi connectivity index (χ1) is 6.77. The van der Waals surface area contributed by atoms with E-state index in [4.69, 9.17) is 5.73 Å². The van der Waals surface area contributed by atoms with Crippen molar-refractivity contribution >= 4 is 5.82 Å². The second-order valence-corrected chi connectivity index (χ2v) is 3.19. The highest BCUT2D eigenvalue weighted by atomic mass is 14.9. The van der Waals surface area contributed by atoms with Gasteiger partial charge in [0, 0.05) is 11.8 Å². The molecule has 0 aliphatic rings. The van der Waals surface area contributed by atoms with E-state index in [-0.39, 0.29) is 0 Å². The predicted molar refractivity (Wildman–Crippen MR) is 56.6 cm³/mol. The molecule has 70 valence electrons. The largest absolute Gasteiger partial charge is 0.383 e. The quantitative estimate of drug-likeness (QED) is 0.739.